The van der Waals surface area contributed by atoms with Gasteiger partial charge in [0.15, 0.2) is 5.57 Å². The fraction of sp³-hybridized carbons (Fsp3) is 0.158. The summed E-state index contributed by atoms with van der Waals surface area (Å²) in [5, 5.41) is 9.36. The van der Waals surface area contributed by atoms with Gasteiger partial charge in [-0.05, 0) is 11.1 Å². The van der Waals surface area contributed by atoms with E-state index in [1.165, 1.54) is 30.6 Å². The molecule has 0 unspecified atom stereocenters. The number of nitriles is 1. The average Bonchev–Trinajstić information content (AvgIpc) is 2.65. The molecule has 0 bridgehead atoms. The lowest BCUT2D eigenvalue weighted by atomic mass is 10.2. The largest absolute Gasteiger partial charge is 0.465 e. The molecule has 0 saturated heterocycles. The van der Waals surface area contributed by atoms with Gasteiger partial charge in [0.25, 0.3) is 0 Å². The Morgan fingerprint density at radius 1 is 0.958 bits per heavy atom. The molecule has 2 aromatic carbocycles. The molecule has 5 heteroatoms. The number of methoxy groups -OCH3 is 1. The molecule has 0 N–H and O–H groups in total. The molecule has 3 nitrogen and oxygen atoms in total. The van der Waals surface area contributed by atoms with Gasteiger partial charge in [0.1, 0.15) is 6.07 Å². The predicted molar refractivity (Wildman–Crippen MR) is 100 cm³/mol. The highest BCUT2D eigenvalue weighted by Crippen LogP contribution is 2.36. The minimum Gasteiger partial charge on any atom is -0.465 e. The van der Waals surface area contributed by atoms with E-state index in [1.54, 1.807) is 0 Å². The van der Waals surface area contributed by atoms with E-state index in [-0.39, 0.29) is 5.57 Å². The predicted octanol–water partition coefficient (Wildman–Crippen LogP) is 4.76. The normalized spacial score (nSPS) is 9.83. The van der Waals surface area contributed by atoms with Gasteiger partial charge in [0, 0.05) is 11.5 Å². The van der Waals surface area contributed by atoms with Crippen molar-refractivity contribution in [3.8, 4) is 6.07 Å². The van der Waals surface area contributed by atoms with Gasteiger partial charge in [-0.15, -0.1) is 23.5 Å². The first-order valence-corrected chi connectivity index (χ1v) is 9.28. The van der Waals surface area contributed by atoms with Crippen molar-refractivity contribution in [2.45, 2.75) is 11.5 Å². The molecule has 0 spiro atoms. The zero-order chi connectivity index (χ0) is 17.2. The molecule has 0 aliphatic heterocycles. The van der Waals surface area contributed by atoms with Crippen LogP contribution in [0.25, 0.3) is 0 Å². The van der Waals surface area contributed by atoms with Crippen LogP contribution in [0.1, 0.15) is 11.1 Å². The Hall–Kier alpha value is -2.16. The molecule has 0 heterocycles. The SMILES string of the molecule is COC(=O)C(C#N)=C(SCc1ccccc1)SCc1ccccc1. The minimum absolute atomic E-state index is 0.0689. The minimum atomic E-state index is -0.589. The first-order chi connectivity index (χ1) is 11.7. The van der Waals surface area contributed by atoms with Gasteiger partial charge in [-0.1, -0.05) is 60.7 Å². The molecular formula is C19H17NO2S2. The summed E-state index contributed by atoms with van der Waals surface area (Å²) >= 11 is 2.98. The summed E-state index contributed by atoms with van der Waals surface area (Å²) < 4.78 is 5.43. The Morgan fingerprint density at radius 3 is 1.79 bits per heavy atom. The molecule has 2 aromatic rings. The zero-order valence-corrected chi connectivity index (χ0v) is 14.9. The van der Waals surface area contributed by atoms with Crippen LogP contribution in [0.5, 0.6) is 0 Å². The number of benzene rings is 2. The van der Waals surface area contributed by atoms with Gasteiger partial charge in [-0.2, -0.15) is 5.26 Å². The number of rotatable bonds is 7. The third-order valence-corrected chi connectivity index (χ3v) is 5.73. The molecule has 0 aromatic heterocycles. The van der Waals surface area contributed by atoms with E-state index in [4.69, 9.17) is 4.74 Å². The van der Waals surface area contributed by atoms with Crippen molar-refractivity contribution in [1.82, 2.24) is 0 Å². The van der Waals surface area contributed by atoms with Crippen molar-refractivity contribution in [3.63, 3.8) is 0 Å². The molecule has 0 atom stereocenters. The maximum Gasteiger partial charge on any atom is 0.350 e. The van der Waals surface area contributed by atoms with E-state index in [2.05, 4.69) is 0 Å². The van der Waals surface area contributed by atoms with E-state index in [1.807, 2.05) is 66.7 Å². The third-order valence-electron chi connectivity index (χ3n) is 3.13. The van der Waals surface area contributed by atoms with Gasteiger partial charge >= 0.3 is 5.97 Å². The Bertz CT molecular complexity index is 691. The maximum atomic E-state index is 11.9. The second-order valence-electron chi connectivity index (χ2n) is 4.81. The highest BCUT2D eigenvalue weighted by molar-refractivity contribution is 8.21. The summed E-state index contributed by atoms with van der Waals surface area (Å²) in [5.41, 5.74) is 2.35. The summed E-state index contributed by atoms with van der Waals surface area (Å²) in [6, 6.07) is 21.9. The van der Waals surface area contributed by atoms with Crippen LogP contribution in [0.15, 0.2) is 70.5 Å². The summed E-state index contributed by atoms with van der Waals surface area (Å²) in [6.07, 6.45) is 0. The van der Waals surface area contributed by atoms with Crippen LogP contribution in [0.2, 0.25) is 0 Å². The summed E-state index contributed by atoms with van der Waals surface area (Å²) in [4.78, 5) is 11.9. The van der Waals surface area contributed by atoms with Crippen LogP contribution in [0, 0.1) is 11.3 Å². The average molecular weight is 355 g/mol. The second-order valence-corrected chi connectivity index (χ2v) is 7.04. The van der Waals surface area contributed by atoms with Crippen molar-refractivity contribution in [3.05, 3.63) is 81.6 Å². The lowest BCUT2D eigenvalue weighted by Gasteiger charge is -2.09. The maximum absolute atomic E-state index is 11.9. The fourth-order valence-electron chi connectivity index (χ4n) is 1.91. The fourth-order valence-corrected chi connectivity index (χ4v) is 4.12. The van der Waals surface area contributed by atoms with Crippen LogP contribution in [0.4, 0.5) is 0 Å². The van der Waals surface area contributed by atoms with Crippen molar-refractivity contribution in [2.24, 2.45) is 0 Å². The Morgan fingerprint density at radius 2 is 1.42 bits per heavy atom. The topological polar surface area (TPSA) is 50.1 Å². The highest BCUT2D eigenvalue weighted by atomic mass is 32.2. The Labute approximate surface area is 150 Å². The lowest BCUT2D eigenvalue weighted by molar-refractivity contribution is -0.135. The van der Waals surface area contributed by atoms with Crippen molar-refractivity contribution >= 4 is 29.5 Å². The van der Waals surface area contributed by atoms with Crippen LogP contribution in [-0.4, -0.2) is 13.1 Å². The molecule has 24 heavy (non-hydrogen) atoms. The molecule has 0 aliphatic rings. The highest BCUT2D eigenvalue weighted by Gasteiger charge is 2.17. The van der Waals surface area contributed by atoms with Crippen molar-refractivity contribution in [2.75, 3.05) is 7.11 Å². The number of hydrogen-bond acceptors (Lipinski definition) is 5. The van der Waals surface area contributed by atoms with E-state index < -0.39 is 5.97 Å². The smallest absolute Gasteiger partial charge is 0.350 e. The molecule has 0 fully saturated rings. The number of hydrogen-bond donors (Lipinski definition) is 0. The van der Waals surface area contributed by atoms with Gasteiger partial charge in [-0.25, -0.2) is 4.79 Å². The summed E-state index contributed by atoms with van der Waals surface area (Å²) in [6.45, 7) is 0. The monoisotopic (exact) mass is 355 g/mol. The van der Waals surface area contributed by atoms with E-state index in [0.29, 0.717) is 15.7 Å². The lowest BCUT2D eigenvalue weighted by Crippen LogP contribution is -2.04. The molecule has 0 aliphatic carbocycles. The molecular weight excluding hydrogens is 338 g/mol. The molecule has 0 radical (unpaired) electrons. The molecule has 0 amide bonds. The van der Waals surface area contributed by atoms with E-state index in [0.717, 1.165) is 11.1 Å². The van der Waals surface area contributed by atoms with Gasteiger partial charge in [-0.3, -0.25) is 0 Å². The van der Waals surface area contributed by atoms with E-state index in [9.17, 15) is 10.1 Å². The third kappa shape index (κ3) is 5.48. The second kappa shape index (κ2) is 9.86. The van der Waals surface area contributed by atoms with Crippen molar-refractivity contribution < 1.29 is 9.53 Å². The van der Waals surface area contributed by atoms with Crippen LogP contribution in [0.3, 0.4) is 0 Å². The zero-order valence-electron chi connectivity index (χ0n) is 13.3. The summed E-state index contributed by atoms with van der Waals surface area (Å²) in [7, 11) is 1.29. The van der Waals surface area contributed by atoms with Gasteiger partial charge in [0.2, 0.25) is 0 Å². The Kier molecular flexibility index (Phi) is 7.47. The molecule has 122 valence electrons. The molecule has 0 saturated carbocycles. The van der Waals surface area contributed by atoms with Crippen LogP contribution >= 0.6 is 23.5 Å². The first kappa shape index (κ1) is 18.2. The quantitative estimate of drug-likeness (QED) is 0.407. The van der Waals surface area contributed by atoms with Crippen LogP contribution in [-0.2, 0) is 21.0 Å². The van der Waals surface area contributed by atoms with Gasteiger partial charge < -0.3 is 4.74 Å². The van der Waals surface area contributed by atoms with Crippen molar-refractivity contribution in [1.29, 1.82) is 5.26 Å². The number of thioether (sulfide) groups is 2. The number of ether oxygens (including phenoxy) is 1. The van der Waals surface area contributed by atoms with E-state index >= 15 is 0 Å². The first-order valence-electron chi connectivity index (χ1n) is 7.30. The number of esters is 1. The molecule has 2 rings (SSSR count). The number of carbonyl (C=O) groups excluding carboxylic acids is 1. The number of carbonyl (C=O) groups is 1. The summed E-state index contributed by atoms with van der Waals surface area (Å²) in [5.74, 6) is 0.800. The standard InChI is InChI=1S/C19H17NO2S2/c1-22-18(21)17(12-20)19(23-13-15-8-4-2-5-9-15)24-14-16-10-6-3-7-11-16/h2-11H,13-14H2,1H3. The van der Waals surface area contributed by atoms with Crippen LogP contribution < -0.4 is 0 Å². The number of nitrogens with zero attached hydrogens (tertiary/aromatic N) is 1. The Balaban J connectivity index is 2.16. The van der Waals surface area contributed by atoms with Gasteiger partial charge in [0.05, 0.1) is 11.3 Å².